The fourth-order valence-electron chi connectivity index (χ4n) is 3.83. The van der Waals surface area contributed by atoms with Crippen molar-refractivity contribution in [3.63, 3.8) is 0 Å². The van der Waals surface area contributed by atoms with Gasteiger partial charge in [0.15, 0.2) is 0 Å². The number of aliphatic carboxylic acids is 2. The van der Waals surface area contributed by atoms with Crippen molar-refractivity contribution in [2.45, 2.75) is 36.7 Å². The molecular weight excluding hydrogens is 548 g/mol. The number of fused-ring (bicyclic) bond motifs is 1. The van der Waals surface area contributed by atoms with Gasteiger partial charge in [-0.15, -0.1) is 11.8 Å². The van der Waals surface area contributed by atoms with E-state index in [-0.39, 0.29) is 18.1 Å². The Bertz CT molecular complexity index is 1210. The van der Waals surface area contributed by atoms with Crippen LogP contribution in [-0.2, 0) is 31.9 Å². The number of allylic oxidation sites excluding steroid dienone is 1. The van der Waals surface area contributed by atoms with Crippen LogP contribution in [0.5, 0.6) is 0 Å². The smallest absolute Gasteiger partial charge is 0.477 e. The molecule has 3 aliphatic heterocycles. The number of β-lactam (4-membered cyclic amide) rings is 1. The molecule has 38 heavy (non-hydrogen) atoms. The van der Waals surface area contributed by atoms with Crippen LogP contribution in [-0.4, -0.2) is 73.7 Å². The summed E-state index contributed by atoms with van der Waals surface area (Å²) in [6, 6.07) is 3.88. The zero-order chi connectivity index (χ0) is 28.6. The van der Waals surface area contributed by atoms with E-state index < -0.39 is 47.2 Å². The van der Waals surface area contributed by atoms with Gasteiger partial charge in [0, 0.05) is 24.4 Å². The number of rotatable bonds is 4. The average molecular weight is 567 g/mol. The van der Waals surface area contributed by atoms with E-state index in [1.165, 1.54) is 34.9 Å². The van der Waals surface area contributed by atoms with E-state index in [0.29, 0.717) is 35.4 Å². The van der Waals surface area contributed by atoms with E-state index in [0.717, 1.165) is 17.0 Å². The number of amides is 2. The first-order valence-corrected chi connectivity index (χ1v) is 11.7. The second-order valence-corrected chi connectivity index (χ2v) is 9.36. The van der Waals surface area contributed by atoms with Gasteiger partial charge in [-0.3, -0.25) is 14.5 Å². The summed E-state index contributed by atoms with van der Waals surface area (Å²) in [5, 5.41) is 16.3. The lowest BCUT2D eigenvalue weighted by Gasteiger charge is -2.47. The molecule has 0 saturated carbocycles. The third kappa shape index (κ3) is 6.12. The molecule has 4 N–H and O–H groups in total. The average Bonchev–Trinajstić information content (AvgIpc) is 3.16. The molecule has 2 fully saturated rings. The minimum absolute atomic E-state index is 0.148. The molecule has 0 radical (unpaired) electrons. The van der Waals surface area contributed by atoms with E-state index in [2.05, 4.69) is 0 Å². The first-order valence-electron chi connectivity index (χ1n) is 10.6. The molecule has 2 saturated heterocycles. The van der Waals surface area contributed by atoms with Gasteiger partial charge in [0.05, 0.1) is 5.56 Å². The van der Waals surface area contributed by atoms with Crippen LogP contribution in [0.1, 0.15) is 17.5 Å². The number of likely N-dealkylation sites (tertiary alicyclic amines) is 1. The van der Waals surface area contributed by atoms with Crippen LogP contribution in [0.15, 0.2) is 47.2 Å². The van der Waals surface area contributed by atoms with Gasteiger partial charge in [0.25, 0.3) is 0 Å². The van der Waals surface area contributed by atoms with Crippen LogP contribution in [0.4, 0.5) is 26.3 Å². The molecule has 4 rings (SSSR count). The summed E-state index contributed by atoms with van der Waals surface area (Å²) in [4.78, 5) is 48.1. The van der Waals surface area contributed by atoms with Gasteiger partial charge in [-0.05, 0) is 35.8 Å². The molecule has 0 spiro atoms. The lowest BCUT2D eigenvalue weighted by molar-refractivity contribution is -0.192. The lowest BCUT2D eigenvalue weighted by atomic mass is 10.0. The first-order chi connectivity index (χ1) is 17.5. The van der Waals surface area contributed by atoms with E-state index in [4.69, 9.17) is 15.6 Å². The number of carbonyl (C=O) groups is 4. The predicted molar refractivity (Wildman–Crippen MR) is 119 cm³/mol. The first kappa shape index (κ1) is 29.0. The molecule has 16 heteroatoms. The number of alkyl halides is 6. The monoisotopic (exact) mass is 567 g/mol. The van der Waals surface area contributed by atoms with Crippen molar-refractivity contribution in [1.82, 2.24) is 9.80 Å². The molecule has 1 aromatic carbocycles. The van der Waals surface area contributed by atoms with Gasteiger partial charge in [-0.2, -0.15) is 26.3 Å². The number of benzene rings is 1. The highest BCUT2D eigenvalue weighted by atomic mass is 32.2. The Labute approximate surface area is 214 Å². The number of hydrogen-bond acceptors (Lipinski definition) is 6. The van der Waals surface area contributed by atoms with Crippen molar-refractivity contribution in [2.24, 2.45) is 5.73 Å². The number of carbonyl (C=O) groups excluding carboxylic acids is 2. The third-order valence-electron chi connectivity index (χ3n) is 5.70. The van der Waals surface area contributed by atoms with Crippen molar-refractivity contribution in [3.8, 4) is 0 Å². The highest BCUT2D eigenvalue weighted by molar-refractivity contribution is 8.00. The molecule has 0 unspecified atom stereocenters. The predicted octanol–water partition coefficient (Wildman–Crippen LogP) is 2.58. The number of halogens is 6. The van der Waals surface area contributed by atoms with Crippen molar-refractivity contribution in [3.05, 3.63) is 58.3 Å². The zero-order valence-corrected chi connectivity index (χ0v) is 19.9. The topological polar surface area (TPSA) is 141 Å². The molecule has 2 amide bonds. The quantitative estimate of drug-likeness (QED) is 0.287. The van der Waals surface area contributed by atoms with Crippen LogP contribution in [0.3, 0.4) is 0 Å². The maximum Gasteiger partial charge on any atom is 0.490 e. The molecule has 206 valence electrons. The number of nitrogens with zero attached hydrogens (tertiary/aromatic N) is 2. The van der Waals surface area contributed by atoms with E-state index in [1.54, 1.807) is 0 Å². The van der Waals surface area contributed by atoms with Gasteiger partial charge in [-0.1, -0.05) is 12.1 Å². The molecule has 0 aliphatic carbocycles. The summed E-state index contributed by atoms with van der Waals surface area (Å²) in [5.41, 5.74) is 6.14. The molecule has 3 heterocycles. The molecule has 9 nitrogen and oxygen atoms in total. The summed E-state index contributed by atoms with van der Waals surface area (Å²) < 4.78 is 69.8. The molecule has 0 aromatic heterocycles. The zero-order valence-electron chi connectivity index (χ0n) is 19.0. The largest absolute Gasteiger partial charge is 0.490 e. The molecular formula is C22H19F6N3O6S. The van der Waals surface area contributed by atoms with Crippen LogP contribution in [0.2, 0.25) is 0 Å². The number of carboxylic acids is 2. The number of nitrogens with two attached hydrogens (primary N) is 1. The summed E-state index contributed by atoms with van der Waals surface area (Å²) in [5.74, 6) is -4.49. The van der Waals surface area contributed by atoms with Crippen molar-refractivity contribution < 1.29 is 55.7 Å². The third-order valence-corrected chi connectivity index (χ3v) is 7.02. The van der Waals surface area contributed by atoms with Crippen molar-refractivity contribution >= 4 is 35.5 Å². The Balaban J connectivity index is 0.000000505. The fourth-order valence-corrected chi connectivity index (χ4v) is 5.08. The highest BCUT2D eigenvalue weighted by Gasteiger charge is 2.51. The van der Waals surface area contributed by atoms with Crippen LogP contribution in [0, 0.1) is 0 Å². The number of carboxylic acid groups (broad SMARTS) is 2. The summed E-state index contributed by atoms with van der Waals surface area (Å²) in [6.45, 7) is 0.514. The second kappa shape index (κ2) is 10.7. The van der Waals surface area contributed by atoms with E-state index in [9.17, 15) is 45.8 Å². The van der Waals surface area contributed by atoms with E-state index >= 15 is 0 Å². The SMILES string of the molecule is N[C@@H]1C(=O)N2C(C(=O)O)=C(C=C3CCN(Cc4ccc(C(F)(F)F)cc4)C3=O)CS[C@H]12.O=C(O)C(F)(F)F. The maximum atomic E-state index is 12.8. The van der Waals surface area contributed by atoms with Crippen molar-refractivity contribution in [1.29, 1.82) is 0 Å². The Morgan fingerprint density at radius 2 is 1.66 bits per heavy atom. The Morgan fingerprint density at radius 3 is 2.16 bits per heavy atom. The van der Waals surface area contributed by atoms with Gasteiger partial charge in [-0.25, -0.2) is 9.59 Å². The van der Waals surface area contributed by atoms with Gasteiger partial charge >= 0.3 is 24.3 Å². The minimum Gasteiger partial charge on any atom is -0.477 e. The van der Waals surface area contributed by atoms with Crippen LogP contribution < -0.4 is 5.73 Å². The Morgan fingerprint density at radius 1 is 1.08 bits per heavy atom. The Hall–Kier alpha value is -3.53. The van der Waals surface area contributed by atoms with E-state index in [1.807, 2.05) is 0 Å². The van der Waals surface area contributed by atoms with Gasteiger partial charge in [0.1, 0.15) is 17.1 Å². The standard InChI is InChI=1S/C20H18F3N3O4S.C2HF3O2/c21-20(22,23)13-3-1-10(2-4-13)8-25-6-5-11(16(25)27)7-12-9-31-18-14(24)17(28)26(18)15(12)19(29)30;3-2(4,5)1(6)7/h1-4,7,14,18H,5-6,8-9,24H2,(H,29,30);(H,6,7)/t14-,18-;/m1./s1. The highest BCUT2D eigenvalue weighted by Crippen LogP contribution is 2.40. The fraction of sp³-hybridized carbons (Fsp3) is 0.364. The van der Waals surface area contributed by atoms with Crippen LogP contribution in [0.25, 0.3) is 0 Å². The molecule has 3 aliphatic rings. The van der Waals surface area contributed by atoms with Crippen molar-refractivity contribution in [2.75, 3.05) is 12.3 Å². The molecule has 2 atom stereocenters. The van der Waals surface area contributed by atoms with Gasteiger partial charge < -0.3 is 20.8 Å². The minimum atomic E-state index is -5.08. The molecule has 1 aromatic rings. The number of hydrogen-bond donors (Lipinski definition) is 3. The lowest BCUT2D eigenvalue weighted by Crippen LogP contribution is -2.68. The summed E-state index contributed by atoms with van der Waals surface area (Å²) in [7, 11) is 0. The molecule has 0 bridgehead atoms. The summed E-state index contributed by atoms with van der Waals surface area (Å²) >= 11 is 1.34. The Kier molecular flexibility index (Phi) is 8.16. The maximum absolute atomic E-state index is 12.8. The van der Waals surface area contributed by atoms with Gasteiger partial charge in [0.2, 0.25) is 11.8 Å². The second-order valence-electron chi connectivity index (χ2n) is 8.26. The normalized spacial score (nSPS) is 22.7. The van der Waals surface area contributed by atoms with Crippen LogP contribution >= 0.6 is 11.8 Å². The number of thioether (sulfide) groups is 1. The summed E-state index contributed by atoms with van der Waals surface area (Å²) in [6.07, 6.45) is -7.62.